The van der Waals surface area contributed by atoms with Gasteiger partial charge in [-0.25, -0.2) is 4.99 Å². The number of nitrogens with zero attached hydrogens (tertiary/aromatic N) is 1. The monoisotopic (exact) mass is 310 g/mol. The van der Waals surface area contributed by atoms with E-state index in [0.717, 1.165) is 12.5 Å². The first-order valence-electron chi connectivity index (χ1n) is 7.32. The SMILES string of the molecule is CCNC(=O)C(C)(C)CNC(=NCc1cccs1)NCC. The van der Waals surface area contributed by atoms with Gasteiger partial charge in [-0.15, -0.1) is 11.3 Å². The van der Waals surface area contributed by atoms with E-state index in [1.54, 1.807) is 11.3 Å². The highest BCUT2D eigenvalue weighted by molar-refractivity contribution is 7.09. The fourth-order valence-electron chi connectivity index (χ4n) is 1.69. The van der Waals surface area contributed by atoms with Gasteiger partial charge in [0.1, 0.15) is 0 Å². The molecule has 0 aliphatic heterocycles. The molecule has 1 rings (SSSR count). The highest BCUT2D eigenvalue weighted by Crippen LogP contribution is 2.13. The minimum Gasteiger partial charge on any atom is -0.357 e. The molecule has 0 spiro atoms. The average molecular weight is 310 g/mol. The summed E-state index contributed by atoms with van der Waals surface area (Å²) in [5.74, 6) is 0.787. The van der Waals surface area contributed by atoms with Gasteiger partial charge in [0.25, 0.3) is 0 Å². The summed E-state index contributed by atoms with van der Waals surface area (Å²) in [7, 11) is 0. The lowest BCUT2D eigenvalue weighted by atomic mass is 9.92. The lowest BCUT2D eigenvalue weighted by Crippen LogP contribution is -2.47. The summed E-state index contributed by atoms with van der Waals surface area (Å²) in [4.78, 5) is 17.7. The second-order valence-electron chi connectivity index (χ2n) is 5.37. The van der Waals surface area contributed by atoms with Gasteiger partial charge in [0.15, 0.2) is 5.96 Å². The highest BCUT2D eigenvalue weighted by Gasteiger charge is 2.27. The standard InChI is InChI=1S/C15H26N4OS/c1-5-16-13(20)15(3,4)11-19-14(17-6-2)18-10-12-8-7-9-21-12/h7-9H,5-6,10-11H2,1-4H3,(H,16,20)(H2,17,18,19). The molecule has 6 heteroatoms. The number of guanidine groups is 1. The topological polar surface area (TPSA) is 65.5 Å². The number of rotatable bonds is 7. The number of aliphatic imine (C=N–C) groups is 1. The Bertz CT molecular complexity index is 454. The summed E-state index contributed by atoms with van der Waals surface area (Å²) in [6, 6.07) is 4.09. The van der Waals surface area contributed by atoms with Gasteiger partial charge in [-0.05, 0) is 39.1 Å². The van der Waals surface area contributed by atoms with E-state index in [9.17, 15) is 4.79 Å². The zero-order valence-electron chi connectivity index (χ0n) is 13.3. The summed E-state index contributed by atoms with van der Waals surface area (Å²) in [5.41, 5.74) is -0.477. The fraction of sp³-hybridized carbons (Fsp3) is 0.600. The van der Waals surface area contributed by atoms with E-state index >= 15 is 0 Å². The lowest BCUT2D eigenvalue weighted by molar-refractivity contribution is -0.128. The molecule has 0 fully saturated rings. The van der Waals surface area contributed by atoms with Crippen molar-refractivity contribution in [3.8, 4) is 0 Å². The molecule has 1 aromatic heterocycles. The number of carbonyl (C=O) groups is 1. The normalized spacial score (nSPS) is 12.1. The predicted octanol–water partition coefficient (Wildman–Crippen LogP) is 1.97. The molecule has 0 unspecified atom stereocenters. The minimum atomic E-state index is -0.477. The van der Waals surface area contributed by atoms with Crippen LogP contribution in [0.2, 0.25) is 0 Å². The van der Waals surface area contributed by atoms with Gasteiger partial charge >= 0.3 is 0 Å². The number of hydrogen-bond donors (Lipinski definition) is 3. The van der Waals surface area contributed by atoms with Gasteiger partial charge in [0, 0.05) is 24.5 Å². The minimum absolute atomic E-state index is 0.0478. The molecule has 0 aromatic carbocycles. The van der Waals surface area contributed by atoms with E-state index in [2.05, 4.69) is 27.0 Å². The Labute approximate surface area is 131 Å². The number of hydrogen-bond acceptors (Lipinski definition) is 3. The maximum Gasteiger partial charge on any atom is 0.227 e. The van der Waals surface area contributed by atoms with E-state index in [-0.39, 0.29) is 5.91 Å². The van der Waals surface area contributed by atoms with Gasteiger partial charge in [-0.3, -0.25) is 4.79 Å². The molecule has 0 radical (unpaired) electrons. The predicted molar refractivity (Wildman–Crippen MR) is 89.6 cm³/mol. The molecular weight excluding hydrogens is 284 g/mol. The number of carbonyl (C=O) groups excluding carboxylic acids is 1. The van der Waals surface area contributed by atoms with E-state index in [4.69, 9.17) is 0 Å². The van der Waals surface area contributed by atoms with Crippen molar-refractivity contribution in [1.82, 2.24) is 16.0 Å². The van der Waals surface area contributed by atoms with Crippen LogP contribution in [0.5, 0.6) is 0 Å². The number of nitrogens with one attached hydrogen (secondary N) is 3. The molecule has 1 aromatic rings. The molecule has 0 aliphatic carbocycles. The molecule has 5 nitrogen and oxygen atoms in total. The Balaban J connectivity index is 2.57. The van der Waals surface area contributed by atoms with Crippen LogP contribution in [0.25, 0.3) is 0 Å². The van der Waals surface area contributed by atoms with Crippen molar-refractivity contribution < 1.29 is 4.79 Å². The molecule has 0 atom stereocenters. The Morgan fingerprint density at radius 3 is 2.52 bits per heavy atom. The fourth-order valence-corrected chi connectivity index (χ4v) is 2.31. The Morgan fingerprint density at radius 1 is 1.24 bits per heavy atom. The van der Waals surface area contributed by atoms with E-state index in [0.29, 0.717) is 19.6 Å². The maximum absolute atomic E-state index is 12.0. The zero-order chi connectivity index (χ0) is 15.7. The van der Waals surface area contributed by atoms with Crippen LogP contribution in [-0.2, 0) is 11.3 Å². The quantitative estimate of drug-likeness (QED) is 0.533. The summed E-state index contributed by atoms with van der Waals surface area (Å²) in [5, 5.41) is 11.3. The highest BCUT2D eigenvalue weighted by atomic mass is 32.1. The number of amides is 1. The van der Waals surface area contributed by atoms with Crippen molar-refractivity contribution in [1.29, 1.82) is 0 Å². The third kappa shape index (κ3) is 6.16. The molecule has 0 aliphatic rings. The summed E-state index contributed by atoms with van der Waals surface area (Å²) in [6.07, 6.45) is 0. The van der Waals surface area contributed by atoms with Crippen LogP contribution < -0.4 is 16.0 Å². The van der Waals surface area contributed by atoms with Gasteiger partial charge in [0.2, 0.25) is 5.91 Å². The largest absolute Gasteiger partial charge is 0.357 e. The molecule has 0 bridgehead atoms. The summed E-state index contributed by atoms with van der Waals surface area (Å²) in [6.45, 7) is 10.4. The van der Waals surface area contributed by atoms with Crippen molar-refractivity contribution in [3.05, 3.63) is 22.4 Å². The molecule has 21 heavy (non-hydrogen) atoms. The summed E-state index contributed by atoms with van der Waals surface area (Å²) < 4.78 is 0. The molecule has 1 heterocycles. The van der Waals surface area contributed by atoms with Crippen molar-refractivity contribution in [2.24, 2.45) is 10.4 Å². The lowest BCUT2D eigenvalue weighted by Gasteiger charge is -2.24. The van der Waals surface area contributed by atoms with Gasteiger partial charge in [-0.1, -0.05) is 6.07 Å². The van der Waals surface area contributed by atoms with E-state index in [1.807, 2.05) is 39.1 Å². The van der Waals surface area contributed by atoms with Crippen molar-refractivity contribution in [3.63, 3.8) is 0 Å². The first-order valence-corrected chi connectivity index (χ1v) is 8.20. The Kier molecular flexibility index (Phi) is 7.22. The molecular formula is C15H26N4OS. The van der Waals surface area contributed by atoms with Gasteiger partial charge in [-0.2, -0.15) is 0 Å². The first-order chi connectivity index (χ1) is 9.99. The molecule has 1 amide bonds. The third-order valence-electron chi connectivity index (χ3n) is 2.97. The molecule has 3 N–H and O–H groups in total. The van der Waals surface area contributed by atoms with Crippen molar-refractivity contribution in [2.75, 3.05) is 19.6 Å². The first kappa shape index (κ1) is 17.5. The van der Waals surface area contributed by atoms with Crippen LogP contribution in [0.15, 0.2) is 22.5 Å². The van der Waals surface area contributed by atoms with Crippen LogP contribution in [0.4, 0.5) is 0 Å². The Morgan fingerprint density at radius 2 is 1.95 bits per heavy atom. The van der Waals surface area contributed by atoms with Gasteiger partial charge in [0.05, 0.1) is 12.0 Å². The van der Waals surface area contributed by atoms with Gasteiger partial charge < -0.3 is 16.0 Å². The maximum atomic E-state index is 12.0. The van der Waals surface area contributed by atoms with Crippen LogP contribution in [-0.4, -0.2) is 31.5 Å². The van der Waals surface area contributed by atoms with Crippen LogP contribution in [0, 0.1) is 5.41 Å². The van der Waals surface area contributed by atoms with Crippen LogP contribution >= 0.6 is 11.3 Å². The van der Waals surface area contributed by atoms with Crippen molar-refractivity contribution in [2.45, 2.75) is 34.2 Å². The molecule has 0 saturated carbocycles. The number of thiophene rings is 1. The Hall–Kier alpha value is -1.56. The zero-order valence-corrected chi connectivity index (χ0v) is 14.1. The average Bonchev–Trinajstić information content (AvgIpc) is 2.95. The van der Waals surface area contributed by atoms with Crippen LogP contribution in [0.3, 0.4) is 0 Å². The van der Waals surface area contributed by atoms with Crippen LogP contribution in [0.1, 0.15) is 32.6 Å². The molecule has 118 valence electrons. The smallest absolute Gasteiger partial charge is 0.227 e. The third-order valence-corrected chi connectivity index (χ3v) is 3.83. The summed E-state index contributed by atoms with van der Waals surface area (Å²) >= 11 is 1.69. The van der Waals surface area contributed by atoms with E-state index < -0.39 is 5.41 Å². The molecule has 0 saturated heterocycles. The van der Waals surface area contributed by atoms with Crippen molar-refractivity contribution >= 4 is 23.2 Å². The second-order valence-corrected chi connectivity index (χ2v) is 6.40. The second kappa shape index (κ2) is 8.67. The van der Waals surface area contributed by atoms with E-state index in [1.165, 1.54) is 4.88 Å².